The summed E-state index contributed by atoms with van der Waals surface area (Å²) >= 11 is 5.98. The Hall–Kier alpha value is -2.41. The van der Waals surface area contributed by atoms with Gasteiger partial charge in [0.1, 0.15) is 0 Å². The van der Waals surface area contributed by atoms with Crippen LogP contribution in [0.25, 0.3) is 10.8 Å². The van der Waals surface area contributed by atoms with Gasteiger partial charge in [-0.2, -0.15) is 4.31 Å². The van der Waals surface area contributed by atoms with E-state index in [1.54, 1.807) is 18.2 Å². The second-order valence-electron chi connectivity index (χ2n) is 7.54. The molecule has 0 bridgehead atoms. The van der Waals surface area contributed by atoms with Gasteiger partial charge in [0.05, 0.1) is 4.90 Å². The molecule has 3 aromatic rings. The molecule has 0 spiro atoms. The van der Waals surface area contributed by atoms with Gasteiger partial charge in [-0.1, -0.05) is 54.1 Å². The van der Waals surface area contributed by atoms with Crippen LogP contribution in [-0.4, -0.2) is 31.7 Å². The lowest BCUT2D eigenvalue weighted by Crippen LogP contribution is -2.42. The second kappa shape index (κ2) is 8.76. The fourth-order valence-corrected chi connectivity index (χ4v) is 5.53. The van der Waals surface area contributed by atoms with Gasteiger partial charge in [-0.25, -0.2) is 8.42 Å². The summed E-state index contributed by atoms with van der Waals surface area (Å²) in [5.74, 6) is -0.232. The highest BCUT2D eigenvalue weighted by atomic mass is 35.5. The van der Waals surface area contributed by atoms with Gasteiger partial charge >= 0.3 is 0 Å². The van der Waals surface area contributed by atoms with Gasteiger partial charge in [-0.05, 0) is 53.4 Å². The number of sulfonamides is 1. The predicted octanol–water partition coefficient (Wildman–Crippen LogP) is 4.21. The smallest absolute Gasteiger partial charge is 0.243 e. The van der Waals surface area contributed by atoms with E-state index in [1.807, 2.05) is 48.5 Å². The molecule has 0 unspecified atom stereocenters. The van der Waals surface area contributed by atoms with Crippen LogP contribution >= 0.6 is 11.6 Å². The molecule has 3 aromatic carbocycles. The fraction of sp³-hybridized carbons (Fsp3) is 0.261. The Bertz CT molecular complexity index is 1170. The number of piperidine rings is 1. The number of nitrogens with one attached hydrogen (secondary N) is 1. The summed E-state index contributed by atoms with van der Waals surface area (Å²) in [7, 11) is -3.58. The van der Waals surface area contributed by atoms with E-state index in [2.05, 4.69) is 5.32 Å². The van der Waals surface area contributed by atoms with Crippen LogP contribution in [0.3, 0.4) is 0 Å². The summed E-state index contributed by atoms with van der Waals surface area (Å²) < 4.78 is 27.6. The molecule has 1 aliphatic heterocycles. The van der Waals surface area contributed by atoms with Crippen LogP contribution in [0.2, 0.25) is 5.02 Å². The molecular weight excluding hydrogens is 420 g/mol. The largest absolute Gasteiger partial charge is 0.352 e. The van der Waals surface area contributed by atoms with Gasteiger partial charge in [-0.15, -0.1) is 0 Å². The summed E-state index contributed by atoms with van der Waals surface area (Å²) in [5, 5.41) is 5.47. The minimum atomic E-state index is -3.58. The monoisotopic (exact) mass is 442 g/mol. The Morgan fingerprint density at radius 1 is 0.967 bits per heavy atom. The van der Waals surface area contributed by atoms with Gasteiger partial charge in [-0.3, -0.25) is 4.79 Å². The van der Waals surface area contributed by atoms with Crippen LogP contribution in [0.1, 0.15) is 18.4 Å². The zero-order chi connectivity index (χ0) is 21.1. The zero-order valence-electron chi connectivity index (χ0n) is 16.4. The average molecular weight is 443 g/mol. The number of fused-ring (bicyclic) bond motifs is 1. The zero-order valence-corrected chi connectivity index (χ0v) is 18.0. The Morgan fingerprint density at radius 3 is 2.43 bits per heavy atom. The van der Waals surface area contributed by atoms with Gasteiger partial charge in [0.2, 0.25) is 15.9 Å². The number of carbonyl (C=O) groups is 1. The van der Waals surface area contributed by atoms with Crippen molar-refractivity contribution >= 4 is 38.3 Å². The van der Waals surface area contributed by atoms with Crippen molar-refractivity contribution in [2.24, 2.45) is 5.92 Å². The predicted molar refractivity (Wildman–Crippen MR) is 119 cm³/mol. The molecule has 4 rings (SSSR count). The number of hydrogen-bond donors (Lipinski definition) is 1. The van der Waals surface area contributed by atoms with Crippen molar-refractivity contribution in [2.45, 2.75) is 24.3 Å². The molecule has 0 saturated carbocycles. The minimum absolute atomic E-state index is 0.0438. The molecular formula is C23H23ClN2O3S. The van der Waals surface area contributed by atoms with E-state index in [1.165, 1.54) is 4.31 Å². The number of nitrogens with zero attached hydrogens (tertiary/aromatic N) is 1. The van der Waals surface area contributed by atoms with Crippen molar-refractivity contribution in [1.29, 1.82) is 0 Å². The third-order valence-electron chi connectivity index (χ3n) is 5.54. The quantitative estimate of drug-likeness (QED) is 0.643. The average Bonchev–Trinajstić information content (AvgIpc) is 2.77. The van der Waals surface area contributed by atoms with Crippen molar-refractivity contribution in [3.63, 3.8) is 0 Å². The molecule has 1 amide bonds. The van der Waals surface area contributed by atoms with Crippen LogP contribution < -0.4 is 5.32 Å². The molecule has 1 N–H and O–H groups in total. The van der Waals surface area contributed by atoms with Gasteiger partial charge in [0, 0.05) is 30.6 Å². The molecule has 30 heavy (non-hydrogen) atoms. The summed E-state index contributed by atoms with van der Waals surface area (Å²) in [5.41, 5.74) is 0.937. The van der Waals surface area contributed by atoms with E-state index in [4.69, 9.17) is 11.6 Å². The van der Waals surface area contributed by atoms with Crippen LogP contribution in [-0.2, 0) is 21.4 Å². The molecule has 5 nitrogen and oxygen atoms in total. The summed E-state index contributed by atoms with van der Waals surface area (Å²) in [6.45, 7) is 1.09. The minimum Gasteiger partial charge on any atom is -0.352 e. The third kappa shape index (κ3) is 4.51. The second-order valence-corrected chi connectivity index (χ2v) is 9.91. The first-order valence-electron chi connectivity index (χ1n) is 9.94. The molecule has 156 valence electrons. The number of amides is 1. The highest BCUT2D eigenvalue weighted by Crippen LogP contribution is 2.26. The maximum Gasteiger partial charge on any atom is 0.243 e. The molecule has 1 aliphatic rings. The topological polar surface area (TPSA) is 66.5 Å². The van der Waals surface area contributed by atoms with E-state index in [0.717, 1.165) is 16.3 Å². The van der Waals surface area contributed by atoms with E-state index in [0.29, 0.717) is 42.4 Å². The van der Waals surface area contributed by atoms with Gasteiger partial charge < -0.3 is 5.32 Å². The number of rotatable bonds is 5. The lowest BCUT2D eigenvalue weighted by Gasteiger charge is -2.30. The number of halogens is 1. The van der Waals surface area contributed by atoms with E-state index in [-0.39, 0.29) is 11.8 Å². The molecule has 7 heteroatoms. The SMILES string of the molecule is O=C(NCc1cccc(Cl)c1)C1CCN(S(=O)(=O)c2ccc3ccccc3c2)CC1. The van der Waals surface area contributed by atoms with Crippen LogP contribution in [0.4, 0.5) is 0 Å². The number of carbonyl (C=O) groups excluding carboxylic acids is 1. The van der Waals surface area contributed by atoms with Crippen molar-refractivity contribution in [3.8, 4) is 0 Å². The summed E-state index contributed by atoms with van der Waals surface area (Å²) in [4.78, 5) is 12.8. The number of benzene rings is 3. The van der Waals surface area contributed by atoms with E-state index >= 15 is 0 Å². The van der Waals surface area contributed by atoms with E-state index in [9.17, 15) is 13.2 Å². The first-order valence-corrected chi connectivity index (χ1v) is 11.8. The van der Waals surface area contributed by atoms with Crippen molar-refractivity contribution < 1.29 is 13.2 Å². The normalized spacial score (nSPS) is 15.9. The Morgan fingerprint density at radius 2 is 1.70 bits per heavy atom. The van der Waals surface area contributed by atoms with Crippen LogP contribution in [0.5, 0.6) is 0 Å². The molecule has 0 aromatic heterocycles. The van der Waals surface area contributed by atoms with Crippen LogP contribution in [0.15, 0.2) is 71.6 Å². The molecule has 0 radical (unpaired) electrons. The first-order chi connectivity index (χ1) is 14.4. The highest BCUT2D eigenvalue weighted by molar-refractivity contribution is 7.89. The Balaban J connectivity index is 1.37. The van der Waals surface area contributed by atoms with Crippen LogP contribution in [0, 0.1) is 5.92 Å². The highest BCUT2D eigenvalue weighted by Gasteiger charge is 2.32. The Kier molecular flexibility index (Phi) is 6.09. The molecule has 1 saturated heterocycles. The van der Waals surface area contributed by atoms with Crippen molar-refractivity contribution in [3.05, 3.63) is 77.3 Å². The standard InChI is InChI=1S/C23H23ClN2O3S/c24-21-7-3-4-17(14-21)16-25-23(27)19-10-12-26(13-11-19)30(28,29)22-9-8-18-5-1-2-6-20(18)15-22/h1-9,14-15,19H,10-13,16H2,(H,25,27). The first kappa shape index (κ1) is 20.8. The lowest BCUT2D eigenvalue weighted by molar-refractivity contribution is -0.126. The van der Waals surface area contributed by atoms with Gasteiger partial charge in [0.25, 0.3) is 0 Å². The molecule has 0 atom stereocenters. The third-order valence-corrected chi connectivity index (χ3v) is 7.67. The van der Waals surface area contributed by atoms with E-state index < -0.39 is 10.0 Å². The maximum absolute atomic E-state index is 13.1. The summed E-state index contributed by atoms with van der Waals surface area (Å²) in [6, 6.07) is 20.3. The molecule has 1 heterocycles. The maximum atomic E-state index is 13.1. The fourth-order valence-electron chi connectivity index (χ4n) is 3.82. The van der Waals surface area contributed by atoms with Crippen molar-refractivity contribution in [1.82, 2.24) is 9.62 Å². The number of hydrogen-bond acceptors (Lipinski definition) is 3. The van der Waals surface area contributed by atoms with Gasteiger partial charge in [0.15, 0.2) is 0 Å². The molecule has 0 aliphatic carbocycles. The molecule has 1 fully saturated rings. The van der Waals surface area contributed by atoms with Crippen molar-refractivity contribution in [2.75, 3.05) is 13.1 Å². The Labute approximate surface area is 181 Å². The lowest BCUT2D eigenvalue weighted by atomic mass is 9.97. The summed E-state index contributed by atoms with van der Waals surface area (Å²) in [6.07, 6.45) is 1.02.